The minimum absolute atomic E-state index is 0.255. The summed E-state index contributed by atoms with van der Waals surface area (Å²) in [4.78, 5) is 0. The van der Waals surface area contributed by atoms with E-state index in [1.165, 1.54) is 0 Å². The van der Waals surface area contributed by atoms with Crippen LogP contribution in [-0.4, -0.2) is 7.11 Å². The van der Waals surface area contributed by atoms with Crippen molar-refractivity contribution in [3.63, 3.8) is 0 Å². The molecule has 5 heteroatoms. The zero-order chi connectivity index (χ0) is 14.0. The van der Waals surface area contributed by atoms with E-state index in [1.54, 1.807) is 7.11 Å². The maximum Gasteiger partial charge on any atom is 0.120 e. The second kappa shape index (κ2) is 6.66. The first-order chi connectivity index (χ1) is 9.02. The number of benzene rings is 2. The fourth-order valence-corrected chi connectivity index (χ4v) is 3.26. The van der Waals surface area contributed by atoms with Gasteiger partial charge in [-0.1, -0.05) is 39.7 Å². The molecule has 0 aliphatic rings. The third kappa shape index (κ3) is 3.57. The van der Waals surface area contributed by atoms with Gasteiger partial charge in [-0.3, -0.25) is 0 Å². The number of rotatable bonds is 3. The van der Waals surface area contributed by atoms with Crippen LogP contribution < -0.4 is 4.74 Å². The Morgan fingerprint density at radius 2 is 1.95 bits per heavy atom. The standard InChI is InChI=1S/C14H10BrCl2IO/c1-19-9-3-4-10(11(15)7-9)14(17)8-2-5-13(18)12(16)6-8/h2-7,14H,1H3. The van der Waals surface area contributed by atoms with Crippen molar-refractivity contribution in [1.29, 1.82) is 0 Å². The van der Waals surface area contributed by atoms with E-state index in [0.29, 0.717) is 5.02 Å². The lowest BCUT2D eigenvalue weighted by Gasteiger charge is -2.14. The Morgan fingerprint density at radius 1 is 1.21 bits per heavy atom. The molecule has 0 saturated carbocycles. The third-order valence-corrected chi connectivity index (χ3v) is 5.46. The fraction of sp³-hybridized carbons (Fsp3) is 0.143. The zero-order valence-electron chi connectivity index (χ0n) is 9.96. The van der Waals surface area contributed by atoms with Gasteiger partial charge in [-0.05, 0) is 58.0 Å². The molecule has 0 aliphatic heterocycles. The van der Waals surface area contributed by atoms with Crippen LogP contribution in [0.15, 0.2) is 40.9 Å². The Hall–Kier alpha value is 0.0300. The molecule has 1 unspecified atom stereocenters. The average Bonchev–Trinajstić information content (AvgIpc) is 2.41. The van der Waals surface area contributed by atoms with Crippen LogP contribution in [0.3, 0.4) is 0 Å². The van der Waals surface area contributed by atoms with Gasteiger partial charge in [0.25, 0.3) is 0 Å². The molecule has 0 amide bonds. The second-order valence-corrected chi connectivity index (χ2v) is 6.78. The Labute approximate surface area is 144 Å². The van der Waals surface area contributed by atoms with Crippen molar-refractivity contribution in [2.75, 3.05) is 7.11 Å². The summed E-state index contributed by atoms with van der Waals surface area (Å²) in [5, 5.41) is 0.461. The zero-order valence-corrected chi connectivity index (χ0v) is 15.2. The van der Waals surface area contributed by atoms with Gasteiger partial charge >= 0.3 is 0 Å². The van der Waals surface area contributed by atoms with Crippen LogP contribution in [0.5, 0.6) is 5.75 Å². The minimum atomic E-state index is -0.255. The first-order valence-electron chi connectivity index (χ1n) is 5.45. The molecule has 0 aromatic heterocycles. The lowest BCUT2D eigenvalue weighted by Crippen LogP contribution is -1.96. The Kier molecular flexibility index (Phi) is 5.40. The first-order valence-corrected chi connectivity index (χ1v) is 8.14. The molecule has 0 N–H and O–H groups in total. The molecule has 2 rings (SSSR count). The Bertz CT molecular complexity index is 604. The van der Waals surface area contributed by atoms with Gasteiger partial charge in [-0.2, -0.15) is 0 Å². The highest BCUT2D eigenvalue weighted by molar-refractivity contribution is 14.1. The molecule has 19 heavy (non-hydrogen) atoms. The number of methoxy groups -OCH3 is 1. The topological polar surface area (TPSA) is 9.23 Å². The summed E-state index contributed by atoms with van der Waals surface area (Å²) >= 11 is 18.4. The molecule has 0 spiro atoms. The molecule has 1 atom stereocenters. The summed E-state index contributed by atoms with van der Waals surface area (Å²) in [6, 6.07) is 11.6. The van der Waals surface area contributed by atoms with E-state index in [9.17, 15) is 0 Å². The van der Waals surface area contributed by atoms with E-state index >= 15 is 0 Å². The number of hydrogen-bond donors (Lipinski definition) is 0. The van der Waals surface area contributed by atoms with Crippen molar-refractivity contribution in [2.45, 2.75) is 5.38 Å². The highest BCUT2D eigenvalue weighted by atomic mass is 127. The lowest BCUT2D eigenvalue weighted by atomic mass is 10.0. The van der Waals surface area contributed by atoms with Crippen LogP contribution in [0.1, 0.15) is 16.5 Å². The Morgan fingerprint density at radius 3 is 2.53 bits per heavy atom. The van der Waals surface area contributed by atoms with E-state index in [4.69, 9.17) is 27.9 Å². The highest BCUT2D eigenvalue weighted by Gasteiger charge is 2.15. The van der Waals surface area contributed by atoms with E-state index in [1.807, 2.05) is 36.4 Å². The first kappa shape index (κ1) is 15.4. The molecule has 1 nitrogen and oxygen atoms in total. The van der Waals surface area contributed by atoms with Gasteiger partial charge in [0.2, 0.25) is 0 Å². The molecule has 100 valence electrons. The molecule has 0 heterocycles. The van der Waals surface area contributed by atoms with Crippen LogP contribution in [0.4, 0.5) is 0 Å². The number of halogens is 4. The molecular weight excluding hydrogens is 462 g/mol. The smallest absolute Gasteiger partial charge is 0.120 e. The Balaban J connectivity index is 2.38. The van der Waals surface area contributed by atoms with Crippen molar-refractivity contribution in [3.8, 4) is 5.75 Å². The largest absolute Gasteiger partial charge is 0.497 e. The lowest BCUT2D eigenvalue weighted by molar-refractivity contribution is 0.414. The van der Waals surface area contributed by atoms with Gasteiger partial charge < -0.3 is 4.74 Å². The van der Waals surface area contributed by atoms with Gasteiger partial charge in [-0.15, -0.1) is 11.6 Å². The molecule has 0 radical (unpaired) electrons. The molecule has 0 fully saturated rings. The molecule has 0 bridgehead atoms. The molecule has 2 aromatic rings. The van der Waals surface area contributed by atoms with Crippen molar-refractivity contribution in [2.24, 2.45) is 0 Å². The van der Waals surface area contributed by atoms with Gasteiger partial charge in [0.05, 0.1) is 17.5 Å². The molecule has 2 aromatic carbocycles. The summed E-state index contributed by atoms with van der Waals surface area (Å²) < 4.78 is 7.11. The van der Waals surface area contributed by atoms with Gasteiger partial charge in [0.1, 0.15) is 5.75 Å². The summed E-state index contributed by atoms with van der Waals surface area (Å²) in [7, 11) is 1.64. The van der Waals surface area contributed by atoms with E-state index in [0.717, 1.165) is 24.9 Å². The van der Waals surface area contributed by atoms with Crippen LogP contribution in [0, 0.1) is 3.57 Å². The number of ether oxygens (including phenoxy) is 1. The molecule has 0 saturated heterocycles. The summed E-state index contributed by atoms with van der Waals surface area (Å²) in [5.74, 6) is 0.792. The number of alkyl halides is 1. The average molecular weight is 472 g/mol. The summed E-state index contributed by atoms with van der Waals surface area (Å²) in [6.07, 6.45) is 0. The van der Waals surface area contributed by atoms with Crippen molar-refractivity contribution >= 4 is 61.7 Å². The normalized spacial score (nSPS) is 12.3. The van der Waals surface area contributed by atoms with E-state index in [-0.39, 0.29) is 5.38 Å². The second-order valence-electron chi connectivity index (χ2n) is 3.92. The highest BCUT2D eigenvalue weighted by Crippen LogP contribution is 2.37. The SMILES string of the molecule is COc1ccc(C(Cl)c2ccc(I)c(Cl)c2)c(Br)c1. The quantitative estimate of drug-likeness (QED) is 0.391. The van der Waals surface area contributed by atoms with Crippen LogP contribution >= 0.6 is 61.7 Å². The molecular formula is C14H10BrCl2IO. The van der Waals surface area contributed by atoms with Gasteiger partial charge in [0.15, 0.2) is 0 Å². The minimum Gasteiger partial charge on any atom is -0.497 e. The van der Waals surface area contributed by atoms with Gasteiger partial charge in [0, 0.05) is 8.04 Å². The maximum atomic E-state index is 6.52. The summed E-state index contributed by atoms with van der Waals surface area (Å²) in [6.45, 7) is 0. The molecule has 0 aliphatic carbocycles. The van der Waals surface area contributed by atoms with Crippen LogP contribution in [0.2, 0.25) is 5.02 Å². The van der Waals surface area contributed by atoms with E-state index < -0.39 is 0 Å². The van der Waals surface area contributed by atoms with Crippen LogP contribution in [-0.2, 0) is 0 Å². The predicted molar refractivity (Wildman–Crippen MR) is 92.6 cm³/mol. The number of hydrogen-bond acceptors (Lipinski definition) is 1. The third-order valence-electron chi connectivity index (χ3n) is 2.72. The summed E-state index contributed by atoms with van der Waals surface area (Å²) in [5.41, 5.74) is 1.96. The van der Waals surface area contributed by atoms with Gasteiger partial charge in [-0.25, -0.2) is 0 Å². The maximum absolute atomic E-state index is 6.52. The fourth-order valence-electron chi connectivity index (χ4n) is 1.69. The van der Waals surface area contributed by atoms with Crippen molar-refractivity contribution in [1.82, 2.24) is 0 Å². The van der Waals surface area contributed by atoms with Crippen molar-refractivity contribution < 1.29 is 4.74 Å². The van der Waals surface area contributed by atoms with Crippen LogP contribution in [0.25, 0.3) is 0 Å². The monoisotopic (exact) mass is 470 g/mol. The van der Waals surface area contributed by atoms with Crippen molar-refractivity contribution in [3.05, 3.63) is 60.6 Å². The predicted octanol–water partition coefficient (Wildman–Crippen LogP) is 6.04. The van der Waals surface area contributed by atoms with E-state index in [2.05, 4.69) is 38.5 Å².